The number of nitrogens with one attached hydrogen (secondary N) is 1. The molecule has 98 valence electrons. The van der Waals surface area contributed by atoms with Gasteiger partial charge in [-0.25, -0.2) is 0 Å². The molecule has 5 heteroatoms. The molecule has 0 spiro atoms. The van der Waals surface area contributed by atoms with Crippen molar-refractivity contribution in [1.29, 1.82) is 0 Å². The summed E-state index contributed by atoms with van der Waals surface area (Å²) in [7, 11) is 0. The average Bonchev–Trinajstić information content (AvgIpc) is 2.92. The van der Waals surface area contributed by atoms with Crippen LogP contribution in [0.5, 0.6) is 0 Å². The van der Waals surface area contributed by atoms with Gasteiger partial charge in [-0.05, 0) is 42.7 Å². The van der Waals surface area contributed by atoms with Crippen molar-refractivity contribution in [3.63, 3.8) is 0 Å². The first-order valence-electron chi connectivity index (χ1n) is 5.79. The predicted molar refractivity (Wildman–Crippen MR) is 66.4 cm³/mol. The van der Waals surface area contributed by atoms with Gasteiger partial charge in [0.2, 0.25) is 0 Å². The molecule has 0 aliphatic rings. The highest BCUT2D eigenvalue weighted by Gasteiger charge is 2.08. The molecule has 19 heavy (non-hydrogen) atoms. The van der Waals surface area contributed by atoms with Gasteiger partial charge in [-0.1, -0.05) is 12.1 Å². The normalized spacial score (nSPS) is 10.1. The van der Waals surface area contributed by atoms with E-state index in [0.717, 1.165) is 5.56 Å². The molecule has 0 saturated carbocycles. The van der Waals surface area contributed by atoms with Crippen LogP contribution in [0.2, 0.25) is 0 Å². The van der Waals surface area contributed by atoms with Gasteiger partial charge in [-0.2, -0.15) is 0 Å². The Morgan fingerprint density at radius 1 is 1.16 bits per heavy atom. The molecular formula is C14H12NO4-. The molecule has 0 saturated heterocycles. The van der Waals surface area contributed by atoms with Gasteiger partial charge in [0.25, 0.3) is 5.91 Å². The molecule has 0 fully saturated rings. The van der Waals surface area contributed by atoms with Crippen LogP contribution >= 0.6 is 0 Å². The number of carbonyl (C=O) groups is 2. The third-order valence-electron chi connectivity index (χ3n) is 2.57. The second kappa shape index (κ2) is 5.86. The Labute approximate surface area is 109 Å². The molecule has 1 heterocycles. The van der Waals surface area contributed by atoms with E-state index >= 15 is 0 Å². The minimum Gasteiger partial charge on any atom is -0.550 e. The molecule has 1 aromatic heterocycles. The molecule has 0 bridgehead atoms. The predicted octanol–water partition coefficient (Wildman–Crippen LogP) is 1.21. The molecule has 1 N–H and O–H groups in total. The van der Waals surface area contributed by atoms with E-state index in [1.807, 2.05) is 0 Å². The maximum atomic E-state index is 11.7. The van der Waals surface area contributed by atoms with Gasteiger partial charge in [-0.3, -0.25) is 4.79 Å². The van der Waals surface area contributed by atoms with Crippen LogP contribution in [0.1, 0.15) is 22.5 Å². The summed E-state index contributed by atoms with van der Waals surface area (Å²) < 4.78 is 4.97. The van der Waals surface area contributed by atoms with E-state index in [2.05, 4.69) is 5.32 Å². The van der Waals surface area contributed by atoms with E-state index < -0.39 is 5.97 Å². The smallest absolute Gasteiger partial charge is 0.291 e. The number of hydrogen-bond donors (Lipinski definition) is 1. The van der Waals surface area contributed by atoms with E-state index in [0.29, 0.717) is 12.1 Å². The maximum absolute atomic E-state index is 11.7. The Morgan fingerprint density at radius 2 is 1.89 bits per heavy atom. The second-order valence-electron chi connectivity index (χ2n) is 4.00. The Morgan fingerprint density at radius 3 is 2.47 bits per heavy atom. The Hall–Kier alpha value is -2.56. The molecule has 0 unspecified atom stereocenters. The first-order chi connectivity index (χ1) is 9.15. The summed E-state index contributed by atoms with van der Waals surface area (Å²) in [6, 6.07) is 10.2. The number of aliphatic carboxylic acids is 1. The number of rotatable bonds is 5. The zero-order chi connectivity index (χ0) is 13.7. The topological polar surface area (TPSA) is 82.4 Å². The zero-order valence-electron chi connectivity index (χ0n) is 10.1. The van der Waals surface area contributed by atoms with Gasteiger partial charge in [-0.15, -0.1) is 0 Å². The lowest BCUT2D eigenvalue weighted by Crippen LogP contribution is -2.22. The van der Waals surface area contributed by atoms with Crippen molar-refractivity contribution in [2.45, 2.75) is 12.8 Å². The van der Waals surface area contributed by atoms with Crippen molar-refractivity contribution < 1.29 is 19.1 Å². The average molecular weight is 258 g/mol. The summed E-state index contributed by atoms with van der Waals surface area (Å²) >= 11 is 0. The van der Waals surface area contributed by atoms with Gasteiger partial charge in [0.05, 0.1) is 6.26 Å². The van der Waals surface area contributed by atoms with Crippen molar-refractivity contribution in [3.05, 3.63) is 54.0 Å². The fraction of sp³-hybridized carbons (Fsp3) is 0.143. The van der Waals surface area contributed by atoms with Gasteiger partial charge < -0.3 is 19.6 Å². The van der Waals surface area contributed by atoms with Crippen LogP contribution in [-0.4, -0.2) is 11.9 Å². The fourth-order valence-electron chi connectivity index (χ4n) is 1.60. The van der Waals surface area contributed by atoms with Crippen molar-refractivity contribution >= 4 is 17.6 Å². The number of aryl methyl sites for hydroxylation is 1. The molecular weight excluding hydrogens is 246 g/mol. The van der Waals surface area contributed by atoms with Crippen LogP contribution in [-0.2, 0) is 11.2 Å². The monoisotopic (exact) mass is 258 g/mol. The van der Waals surface area contributed by atoms with Crippen LogP contribution in [0.3, 0.4) is 0 Å². The minimum absolute atomic E-state index is 0.0158. The molecule has 1 amide bonds. The minimum atomic E-state index is -1.07. The highest BCUT2D eigenvalue weighted by molar-refractivity contribution is 6.02. The lowest BCUT2D eigenvalue weighted by molar-refractivity contribution is -0.305. The molecule has 1 aromatic carbocycles. The number of carboxylic acids is 1. The summed E-state index contributed by atoms with van der Waals surface area (Å²) in [5, 5.41) is 13.0. The highest BCUT2D eigenvalue weighted by Crippen LogP contribution is 2.12. The summed E-state index contributed by atoms with van der Waals surface area (Å²) in [4.78, 5) is 22.0. The molecule has 0 aliphatic carbocycles. The van der Waals surface area contributed by atoms with Crippen molar-refractivity contribution in [1.82, 2.24) is 0 Å². The number of hydrogen-bond acceptors (Lipinski definition) is 4. The van der Waals surface area contributed by atoms with E-state index in [9.17, 15) is 14.7 Å². The van der Waals surface area contributed by atoms with E-state index in [1.54, 1.807) is 36.4 Å². The third kappa shape index (κ3) is 3.70. The van der Waals surface area contributed by atoms with Gasteiger partial charge >= 0.3 is 0 Å². The van der Waals surface area contributed by atoms with Crippen LogP contribution in [0, 0.1) is 0 Å². The van der Waals surface area contributed by atoms with E-state index in [-0.39, 0.29) is 18.1 Å². The summed E-state index contributed by atoms with van der Waals surface area (Å²) in [5.41, 5.74) is 1.50. The highest BCUT2D eigenvalue weighted by atomic mass is 16.4. The lowest BCUT2D eigenvalue weighted by atomic mass is 10.1. The van der Waals surface area contributed by atoms with E-state index in [1.165, 1.54) is 6.26 Å². The largest absolute Gasteiger partial charge is 0.550 e. The van der Waals surface area contributed by atoms with E-state index in [4.69, 9.17) is 4.42 Å². The first-order valence-corrected chi connectivity index (χ1v) is 5.79. The summed E-state index contributed by atoms with van der Waals surface area (Å²) in [5.74, 6) is -1.16. The van der Waals surface area contributed by atoms with Gasteiger partial charge in [0.15, 0.2) is 5.76 Å². The number of benzene rings is 1. The number of furan rings is 1. The Kier molecular flexibility index (Phi) is 3.97. The number of amides is 1. The molecule has 0 atom stereocenters. The molecule has 5 nitrogen and oxygen atoms in total. The van der Waals surface area contributed by atoms with Gasteiger partial charge in [0.1, 0.15) is 0 Å². The third-order valence-corrected chi connectivity index (χ3v) is 2.57. The molecule has 0 radical (unpaired) electrons. The quantitative estimate of drug-likeness (QED) is 0.874. The Balaban J connectivity index is 1.95. The van der Waals surface area contributed by atoms with Crippen molar-refractivity contribution in [2.75, 3.05) is 5.32 Å². The van der Waals surface area contributed by atoms with Crippen molar-refractivity contribution in [3.8, 4) is 0 Å². The fourth-order valence-corrected chi connectivity index (χ4v) is 1.60. The summed E-state index contributed by atoms with van der Waals surface area (Å²) in [6.45, 7) is 0. The Bertz CT molecular complexity index is 558. The van der Waals surface area contributed by atoms with Crippen LogP contribution in [0.15, 0.2) is 47.1 Å². The second-order valence-corrected chi connectivity index (χ2v) is 4.00. The van der Waals surface area contributed by atoms with Gasteiger partial charge in [0, 0.05) is 11.7 Å². The van der Waals surface area contributed by atoms with Crippen LogP contribution in [0.25, 0.3) is 0 Å². The van der Waals surface area contributed by atoms with Crippen LogP contribution < -0.4 is 10.4 Å². The standard InChI is InChI=1S/C14H13NO4/c16-13(17)8-5-10-3-6-11(7-4-10)15-14(18)12-2-1-9-19-12/h1-4,6-7,9H,5,8H2,(H,15,18)(H,16,17)/p-1. The number of carboxylic acid groups (broad SMARTS) is 1. The maximum Gasteiger partial charge on any atom is 0.291 e. The number of anilines is 1. The zero-order valence-corrected chi connectivity index (χ0v) is 10.1. The number of carbonyl (C=O) groups excluding carboxylic acids is 2. The van der Waals surface area contributed by atoms with Crippen LogP contribution in [0.4, 0.5) is 5.69 Å². The lowest BCUT2D eigenvalue weighted by Gasteiger charge is -2.06. The molecule has 2 rings (SSSR count). The SMILES string of the molecule is O=C([O-])CCc1ccc(NC(=O)c2ccco2)cc1. The molecule has 0 aliphatic heterocycles. The molecule has 2 aromatic rings. The first kappa shape index (κ1) is 12.9. The van der Waals surface area contributed by atoms with Crippen molar-refractivity contribution in [2.24, 2.45) is 0 Å². The summed E-state index contributed by atoms with van der Waals surface area (Å²) in [6.07, 6.45) is 1.82.